The van der Waals surface area contributed by atoms with Crippen LogP contribution < -0.4 is 20.1 Å². The van der Waals surface area contributed by atoms with Crippen LogP contribution >= 0.6 is 0 Å². The summed E-state index contributed by atoms with van der Waals surface area (Å²) in [6, 6.07) is 18.2. The van der Waals surface area contributed by atoms with Gasteiger partial charge in [-0.05, 0) is 109 Å². The zero-order chi connectivity index (χ0) is 44.8. The van der Waals surface area contributed by atoms with Crippen LogP contribution in [0.15, 0.2) is 84.6 Å². The summed E-state index contributed by atoms with van der Waals surface area (Å²) in [5.41, 5.74) is 5.17. The third-order valence-electron chi connectivity index (χ3n) is 11.5. The molecule has 326 valence electrons. The Kier molecular flexibility index (Phi) is 14.2. The Morgan fingerprint density at radius 2 is 0.903 bits per heavy atom. The standard InChI is InChI=1S/C52H60N2O8/c1-9-11-13-23-61-35-19-15-33(16-20-35)53-27-39-45-37(41(29(3)4)51(59)47(39)55)25-31(7)43(49(45)57)44-32(8)26-38-42(30(5)6)52(60)48(56)40(46(38)50(44)58)28-54-34-17-21-36(22-18-34)62-24-14-12-10-2/h15-22,25-30,53-54,57-60H,9-14,23-24H2,1-8H3. The van der Waals surface area contributed by atoms with Crippen molar-refractivity contribution in [1.29, 1.82) is 0 Å². The van der Waals surface area contributed by atoms with Crippen molar-refractivity contribution in [2.75, 3.05) is 23.8 Å². The molecule has 10 heteroatoms. The second-order valence-electron chi connectivity index (χ2n) is 16.7. The van der Waals surface area contributed by atoms with E-state index in [2.05, 4.69) is 24.5 Å². The minimum atomic E-state index is -0.666. The van der Waals surface area contributed by atoms with Crippen LogP contribution in [-0.4, -0.2) is 45.2 Å². The van der Waals surface area contributed by atoms with E-state index >= 15 is 0 Å². The number of nitrogens with one attached hydrogen (secondary N) is 2. The number of allylic oxidation sites excluding steroid dienone is 4. The Bertz CT molecular complexity index is 2300. The van der Waals surface area contributed by atoms with Gasteiger partial charge in [-0.15, -0.1) is 0 Å². The van der Waals surface area contributed by atoms with Crippen LogP contribution in [0.5, 0.6) is 23.0 Å². The molecule has 6 rings (SSSR count). The summed E-state index contributed by atoms with van der Waals surface area (Å²) in [5.74, 6) is -1.81. The molecule has 2 aliphatic rings. The number of carbonyl (C=O) groups excluding carboxylic acids is 2. The summed E-state index contributed by atoms with van der Waals surface area (Å²) in [4.78, 5) is 28.1. The Hall–Kier alpha value is -6.42. The number of hydrogen-bond acceptors (Lipinski definition) is 10. The monoisotopic (exact) mass is 840 g/mol. The van der Waals surface area contributed by atoms with Gasteiger partial charge in [0.1, 0.15) is 23.0 Å². The lowest BCUT2D eigenvalue weighted by molar-refractivity contribution is -0.113. The fraction of sp³-hybridized carbons (Fsp3) is 0.346. The number of rotatable bonds is 17. The van der Waals surface area contributed by atoms with E-state index in [0.29, 0.717) is 58.0 Å². The van der Waals surface area contributed by atoms with Crippen molar-refractivity contribution < 1.29 is 39.5 Å². The van der Waals surface area contributed by atoms with Gasteiger partial charge in [0.15, 0.2) is 11.5 Å². The molecule has 0 unspecified atom stereocenters. The molecule has 10 nitrogen and oxygen atoms in total. The SMILES string of the molecule is CCCCCOc1ccc(NC=C2C(=O)C(O)=C(C(C)C)c3cc(C)c(-c4c(C)cc5c(c4O)C(=CNc4ccc(OCCCCC)cc4)C(=O)C(O)=C5C(C)C)c(O)c32)cc1. The smallest absolute Gasteiger partial charge is 0.229 e. The molecule has 62 heavy (non-hydrogen) atoms. The summed E-state index contributed by atoms with van der Waals surface area (Å²) >= 11 is 0. The zero-order valence-corrected chi connectivity index (χ0v) is 37.2. The summed E-state index contributed by atoms with van der Waals surface area (Å²) in [6.45, 7) is 16.6. The van der Waals surface area contributed by atoms with Crippen LogP contribution in [0.4, 0.5) is 11.4 Å². The van der Waals surface area contributed by atoms with E-state index in [0.717, 1.165) is 50.0 Å². The minimum absolute atomic E-state index is 0.0305. The predicted octanol–water partition coefficient (Wildman–Crippen LogP) is 12.4. The maximum atomic E-state index is 14.1. The first-order valence-electron chi connectivity index (χ1n) is 21.8. The van der Waals surface area contributed by atoms with Gasteiger partial charge >= 0.3 is 0 Å². The highest BCUT2D eigenvalue weighted by molar-refractivity contribution is 6.35. The molecule has 0 atom stereocenters. The molecule has 0 fully saturated rings. The molecule has 0 bridgehead atoms. The molecular weight excluding hydrogens is 781 g/mol. The van der Waals surface area contributed by atoms with E-state index in [-0.39, 0.29) is 56.7 Å². The highest BCUT2D eigenvalue weighted by Gasteiger charge is 2.38. The van der Waals surface area contributed by atoms with Crippen molar-refractivity contribution in [3.8, 4) is 34.1 Å². The number of carbonyl (C=O) groups is 2. The molecule has 4 aromatic rings. The average molecular weight is 841 g/mol. The maximum Gasteiger partial charge on any atom is 0.229 e. The number of ketones is 2. The lowest BCUT2D eigenvalue weighted by atomic mass is 9.75. The Morgan fingerprint density at radius 1 is 0.548 bits per heavy atom. The number of ether oxygens (including phenoxy) is 2. The zero-order valence-electron chi connectivity index (χ0n) is 37.2. The van der Waals surface area contributed by atoms with Crippen molar-refractivity contribution in [1.82, 2.24) is 0 Å². The van der Waals surface area contributed by atoms with Crippen LogP contribution in [0.25, 0.3) is 33.4 Å². The first-order chi connectivity index (χ1) is 29.7. The molecule has 0 amide bonds. The highest BCUT2D eigenvalue weighted by atomic mass is 16.5. The fourth-order valence-corrected chi connectivity index (χ4v) is 8.32. The van der Waals surface area contributed by atoms with Gasteiger partial charge in [0.25, 0.3) is 0 Å². The van der Waals surface area contributed by atoms with E-state index in [9.17, 15) is 30.0 Å². The molecule has 0 saturated carbocycles. The summed E-state index contributed by atoms with van der Waals surface area (Å²) in [7, 11) is 0. The minimum Gasteiger partial charge on any atom is -0.507 e. The van der Waals surface area contributed by atoms with Crippen LogP contribution in [0.1, 0.15) is 113 Å². The normalized spacial score (nSPS) is 15.2. The van der Waals surface area contributed by atoms with Gasteiger partial charge in [-0.3, -0.25) is 9.59 Å². The van der Waals surface area contributed by atoms with E-state index in [1.165, 1.54) is 12.4 Å². The number of unbranched alkanes of at least 4 members (excludes halogenated alkanes) is 4. The number of phenolic OH excluding ortho intramolecular Hbond substituents is 2. The van der Waals surface area contributed by atoms with Gasteiger partial charge < -0.3 is 40.5 Å². The van der Waals surface area contributed by atoms with Crippen molar-refractivity contribution in [3.05, 3.63) is 118 Å². The summed E-state index contributed by atoms with van der Waals surface area (Å²) in [6.07, 6.45) is 9.25. The number of aromatic hydroxyl groups is 2. The number of hydrogen-bond donors (Lipinski definition) is 6. The number of aliphatic hydroxyl groups is 2. The van der Waals surface area contributed by atoms with Crippen molar-refractivity contribution in [2.24, 2.45) is 11.8 Å². The molecule has 2 aliphatic carbocycles. The molecule has 0 saturated heterocycles. The third-order valence-corrected chi connectivity index (χ3v) is 11.5. The average Bonchev–Trinajstić information content (AvgIpc) is 3.23. The van der Waals surface area contributed by atoms with E-state index in [4.69, 9.17) is 9.47 Å². The quantitative estimate of drug-likeness (QED) is 0.0446. The summed E-state index contributed by atoms with van der Waals surface area (Å²) < 4.78 is 11.7. The third kappa shape index (κ3) is 9.10. The van der Waals surface area contributed by atoms with E-state index in [1.54, 1.807) is 13.8 Å². The van der Waals surface area contributed by atoms with Crippen LogP contribution in [0.2, 0.25) is 0 Å². The van der Waals surface area contributed by atoms with Crippen LogP contribution in [-0.2, 0) is 9.59 Å². The van der Waals surface area contributed by atoms with Crippen LogP contribution in [0, 0.1) is 25.7 Å². The molecule has 0 aliphatic heterocycles. The van der Waals surface area contributed by atoms with E-state index < -0.39 is 23.1 Å². The molecule has 6 N–H and O–H groups in total. The lowest BCUT2D eigenvalue weighted by Crippen LogP contribution is -2.20. The number of fused-ring (bicyclic) bond motifs is 2. The molecule has 0 heterocycles. The molecule has 4 aromatic carbocycles. The van der Waals surface area contributed by atoms with Gasteiger partial charge in [0, 0.05) is 57.2 Å². The number of aliphatic hydroxyl groups excluding tert-OH is 2. The number of aryl methyl sites for hydroxylation is 2. The molecular formula is C52H60N2O8. The van der Waals surface area contributed by atoms with Crippen molar-refractivity contribution >= 4 is 45.2 Å². The Labute approximate surface area is 365 Å². The van der Waals surface area contributed by atoms with Gasteiger partial charge in [0.2, 0.25) is 11.6 Å². The largest absolute Gasteiger partial charge is 0.507 e. The highest BCUT2D eigenvalue weighted by Crippen LogP contribution is 2.53. The van der Waals surface area contributed by atoms with Gasteiger partial charge in [-0.2, -0.15) is 0 Å². The predicted molar refractivity (Wildman–Crippen MR) is 250 cm³/mol. The number of Topliss-reactive ketones (excluding diaryl/α,β-unsaturated/α-hetero) is 2. The van der Waals surface area contributed by atoms with Gasteiger partial charge in [-0.25, -0.2) is 0 Å². The maximum absolute atomic E-state index is 14.1. The first-order valence-corrected chi connectivity index (χ1v) is 21.8. The molecule has 0 spiro atoms. The first kappa shape index (κ1) is 45.1. The number of benzene rings is 4. The number of phenols is 2. The van der Waals surface area contributed by atoms with Crippen LogP contribution in [0.3, 0.4) is 0 Å². The second kappa shape index (κ2) is 19.5. The topological polar surface area (TPSA) is 158 Å². The summed E-state index contributed by atoms with van der Waals surface area (Å²) in [5, 5.41) is 54.1. The fourth-order valence-electron chi connectivity index (χ4n) is 8.32. The van der Waals surface area contributed by atoms with E-state index in [1.807, 2.05) is 88.4 Å². The molecule has 0 aromatic heterocycles. The van der Waals surface area contributed by atoms with Crippen molar-refractivity contribution in [2.45, 2.75) is 93.9 Å². The second-order valence-corrected chi connectivity index (χ2v) is 16.7. The Morgan fingerprint density at radius 3 is 1.23 bits per heavy atom. The van der Waals surface area contributed by atoms with Gasteiger partial charge in [0.05, 0.1) is 24.4 Å². The number of anilines is 2. The lowest BCUT2D eigenvalue weighted by Gasteiger charge is -2.29. The van der Waals surface area contributed by atoms with Gasteiger partial charge in [-0.1, -0.05) is 79.4 Å². The molecule has 0 radical (unpaired) electrons. The van der Waals surface area contributed by atoms with Crippen molar-refractivity contribution in [3.63, 3.8) is 0 Å². The Balaban J connectivity index is 1.46.